The van der Waals surface area contributed by atoms with Crippen molar-refractivity contribution >= 4 is 37.6 Å². The molecule has 104 valence electrons. The molecule has 2 heterocycles. The van der Waals surface area contributed by atoms with Crippen molar-refractivity contribution < 1.29 is 4.79 Å². The molecule has 0 aliphatic carbocycles. The number of rotatable bonds is 6. The minimum Gasteiger partial charge on any atom is -0.298 e. The second-order valence-electron chi connectivity index (χ2n) is 4.38. The van der Waals surface area contributed by atoms with Gasteiger partial charge in [-0.05, 0) is 35.4 Å². The number of aromatic nitrogens is 2. The first-order valence-electron chi connectivity index (χ1n) is 6.23. The van der Waals surface area contributed by atoms with Crippen molar-refractivity contribution in [1.29, 1.82) is 0 Å². The van der Waals surface area contributed by atoms with Crippen molar-refractivity contribution in [3.8, 4) is 0 Å². The number of pyridine rings is 2. The van der Waals surface area contributed by atoms with Gasteiger partial charge >= 0.3 is 0 Å². The molecule has 0 bridgehead atoms. The zero-order valence-electron chi connectivity index (χ0n) is 10.7. The van der Waals surface area contributed by atoms with Gasteiger partial charge in [-0.15, -0.1) is 0 Å². The zero-order chi connectivity index (χ0) is 14.4. The normalized spacial score (nSPS) is 13.7. The van der Waals surface area contributed by atoms with Crippen LogP contribution < -0.4 is 0 Å². The van der Waals surface area contributed by atoms with Crippen molar-refractivity contribution in [2.45, 2.75) is 11.8 Å². The molecule has 2 unspecified atom stereocenters. The van der Waals surface area contributed by atoms with Crippen LogP contribution in [0.3, 0.4) is 0 Å². The van der Waals surface area contributed by atoms with Gasteiger partial charge in [0.25, 0.3) is 0 Å². The molecule has 0 aliphatic rings. The summed E-state index contributed by atoms with van der Waals surface area (Å²) in [7, 11) is 0. The van der Waals surface area contributed by atoms with E-state index in [9.17, 15) is 4.79 Å². The quantitative estimate of drug-likeness (QED) is 0.698. The second kappa shape index (κ2) is 7.64. The number of alkyl halides is 2. The summed E-state index contributed by atoms with van der Waals surface area (Å²) in [6, 6.07) is 7.56. The molecular formula is C15H14Br2N2O. The Balaban J connectivity index is 2.28. The Morgan fingerprint density at radius 1 is 0.850 bits per heavy atom. The van der Waals surface area contributed by atoms with Crippen molar-refractivity contribution in [3.05, 3.63) is 60.2 Å². The first-order valence-corrected chi connectivity index (χ1v) is 8.47. The predicted molar refractivity (Wildman–Crippen MR) is 86.6 cm³/mol. The van der Waals surface area contributed by atoms with Gasteiger partial charge in [-0.3, -0.25) is 14.8 Å². The van der Waals surface area contributed by atoms with Crippen molar-refractivity contribution in [2.24, 2.45) is 0 Å². The van der Waals surface area contributed by atoms with Gasteiger partial charge in [-0.1, -0.05) is 31.9 Å². The molecule has 2 rings (SSSR count). The van der Waals surface area contributed by atoms with Crippen molar-refractivity contribution in [1.82, 2.24) is 9.97 Å². The van der Waals surface area contributed by atoms with Gasteiger partial charge in [0.15, 0.2) is 0 Å². The fourth-order valence-electron chi connectivity index (χ4n) is 2.09. The molecule has 0 saturated carbocycles. The van der Waals surface area contributed by atoms with E-state index in [1.54, 1.807) is 24.8 Å². The maximum absolute atomic E-state index is 12.8. The Morgan fingerprint density at radius 2 is 1.20 bits per heavy atom. The van der Waals surface area contributed by atoms with Crippen LogP contribution in [0.2, 0.25) is 0 Å². The van der Waals surface area contributed by atoms with Gasteiger partial charge < -0.3 is 0 Å². The highest BCUT2D eigenvalue weighted by molar-refractivity contribution is 9.09. The van der Waals surface area contributed by atoms with Crippen LogP contribution in [0.15, 0.2) is 49.1 Å². The van der Waals surface area contributed by atoms with E-state index in [1.807, 2.05) is 24.3 Å². The molecule has 0 fully saturated rings. The van der Waals surface area contributed by atoms with Gasteiger partial charge in [-0.25, -0.2) is 0 Å². The molecule has 2 aromatic heterocycles. The van der Waals surface area contributed by atoms with Crippen LogP contribution in [0, 0.1) is 0 Å². The number of ketones is 1. The van der Waals surface area contributed by atoms with Crippen LogP contribution in [0.25, 0.3) is 0 Å². The van der Waals surface area contributed by atoms with E-state index in [2.05, 4.69) is 41.8 Å². The maximum Gasteiger partial charge on any atom is 0.149 e. The van der Waals surface area contributed by atoms with Gasteiger partial charge in [0, 0.05) is 35.4 Å². The van der Waals surface area contributed by atoms with Crippen molar-refractivity contribution in [3.63, 3.8) is 0 Å². The highest BCUT2D eigenvalue weighted by Crippen LogP contribution is 2.28. The molecule has 2 atom stereocenters. The monoisotopic (exact) mass is 396 g/mol. The van der Waals surface area contributed by atoms with E-state index in [0.29, 0.717) is 10.7 Å². The van der Waals surface area contributed by atoms with Crippen LogP contribution in [-0.4, -0.2) is 26.4 Å². The van der Waals surface area contributed by atoms with Gasteiger partial charge in [-0.2, -0.15) is 0 Å². The van der Waals surface area contributed by atoms with E-state index in [-0.39, 0.29) is 17.6 Å². The SMILES string of the molecule is O=C(C(CBr)c1ccncc1)C(CBr)c1ccncc1. The number of carbonyl (C=O) groups is 1. The summed E-state index contributed by atoms with van der Waals surface area (Å²) in [5, 5.41) is 1.20. The molecule has 0 spiro atoms. The number of carbonyl (C=O) groups excluding carboxylic acids is 1. The molecule has 0 amide bonds. The van der Waals surface area contributed by atoms with Crippen LogP contribution in [0.5, 0.6) is 0 Å². The molecule has 5 heteroatoms. The highest BCUT2D eigenvalue weighted by atomic mass is 79.9. The number of hydrogen-bond acceptors (Lipinski definition) is 3. The summed E-state index contributed by atoms with van der Waals surface area (Å²) in [5.41, 5.74) is 1.98. The zero-order valence-corrected chi connectivity index (χ0v) is 13.9. The average Bonchev–Trinajstić information content (AvgIpc) is 2.51. The maximum atomic E-state index is 12.8. The molecule has 0 aliphatic heterocycles. The second-order valence-corrected chi connectivity index (χ2v) is 5.67. The van der Waals surface area contributed by atoms with Gasteiger partial charge in [0.05, 0.1) is 11.8 Å². The number of halogens is 2. The lowest BCUT2D eigenvalue weighted by atomic mass is 9.86. The highest BCUT2D eigenvalue weighted by Gasteiger charge is 2.27. The molecule has 0 N–H and O–H groups in total. The standard InChI is InChI=1S/C15H14Br2N2O/c16-9-13(11-1-5-18-6-2-11)15(20)14(10-17)12-3-7-19-8-4-12/h1-8,13-14H,9-10H2. The van der Waals surface area contributed by atoms with Crippen LogP contribution in [-0.2, 0) is 4.79 Å². The number of Topliss-reactive ketones (excluding diaryl/α,β-unsaturated/α-hetero) is 1. The summed E-state index contributed by atoms with van der Waals surface area (Å²) in [4.78, 5) is 20.8. The number of hydrogen-bond donors (Lipinski definition) is 0. The molecule has 20 heavy (non-hydrogen) atoms. The van der Waals surface area contributed by atoms with Gasteiger partial charge in [0.2, 0.25) is 0 Å². The summed E-state index contributed by atoms with van der Waals surface area (Å²) in [5.74, 6) is -0.154. The lowest BCUT2D eigenvalue weighted by Gasteiger charge is -2.20. The largest absolute Gasteiger partial charge is 0.298 e. The first kappa shape index (κ1) is 15.3. The fraction of sp³-hybridized carbons (Fsp3) is 0.267. The van der Waals surface area contributed by atoms with Crippen LogP contribution in [0.1, 0.15) is 23.0 Å². The lowest BCUT2D eigenvalue weighted by Crippen LogP contribution is -2.23. The topological polar surface area (TPSA) is 42.9 Å². The lowest BCUT2D eigenvalue weighted by molar-refractivity contribution is -0.121. The molecule has 2 aromatic rings. The van der Waals surface area contributed by atoms with Gasteiger partial charge in [0.1, 0.15) is 5.78 Å². The van der Waals surface area contributed by atoms with Crippen LogP contribution >= 0.6 is 31.9 Å². The summed E-state index contributed by atoms with van der Waals surface area (Å²) in [6.07, 6.45) is 6.86. The van der Waals surface area contributed by atoms with Crippen LogP contribution in [0.4, 0.5) is 0 Å². The Morgan fingerprint density at radius 3 is 1.50 bits per heavy atom. The van der Waals surface area contributed by atoms with E-state index < -0.39 is 0 Å². The third-order valence-electron chi connectivity index (χ3n) is 3.21. The minimum atomic E-state index is -0.172. The molecule has 0 saturated heterocycles. The smallest absolute Gasteiger partial charge is 0.149 e. The molecule has 3 nitrogen and oxygen atoms in total. The average molecular weight is 398 g/mol. The van der Waals surface area contributed by atoms with Crippen molar-refractivity contribution in [2.75, 3.05) is 10.7 Å². The minimum absolute atomic E-state index is 0.172. The fourth-order valence-corrected chi connectivity index (χ4v) is 3.48. The molecule has 0 radical (unpaired) electrons. The predicted octanol–water partition coefficient (Wildman–Crippen LogP) is 3.70. The van der Waals surface area contributed by atoms with E-state index >= 15 is 0 Å². The third kappa shape index (κ3) is 3.52. The summed E-state index contributed by atoms with van der Waals surface area (Å²) >= 11 is 6.91. The third-order valence-corrected chi connectivity index (χ3v) is 4.51. The number of nitrogens with zero attached hydrogens (tertiary/aromatic N) is 2. The van der Waals surface area contributed by atoms with E-state index in [4.69, 9.17) is 0 Å². The summed E-state index contributed by atoms with van der Waals surface area (Å²) in [6.45, 7) is 0. The first-order chi connectivity index (χ1) is 9.77. The molecular weight excluding hydrogens is 384 g/mol. The Hall–Kier alpha value is -1.07. The van der Waals surface area contributed by atoms with E-state index in [1.165, 1.54) is 0 Å². The Kier molecular flexibility index (Phi) is 5.86. The Labute approximate surface area is 135 Å². The Bertz CT molecular complexity index is 499. The van der Waals surface area contributed by atoms with E-state index in [0.717, 1.165) is 11.1 Å². The molecule has 0 aromatic carbocycles. The summed E-state index contributed by atoms with van der Waals surface area (Å²) < 4.78 is 0.